The number of rotatable bonds is 6. The van der Waals surface area contributed by atoms with Gasteiger partial charge in [0.1, 0.15) is 12.2 Å². The molecule has 1 heterocycles. The number of Topliss-reactive ketones (excluding diaryl/α,β-unsaturated/α-hetero) is 1. The van der Waals surface area contributed by atoms with Gasteiger partial charge in [-0.2, -0.15) is 0 Å². The Morgan fingerprint density at radius 1 is 1.44 bits per heavy atom. The maximum Gasteiger partial charge on any atom is 0.313 e. The lowest BCUT2D eigenvalue weighted by atomic mass is 10.3. The Labute approximate surface area is 94.4 Å². The van der Waals surface area contributed by atoms with Crippen molar-refractivity contribution in [2.24, 2.45) is 0 Å². The molecule has 0 aromatic carbocycles. The zero-order chi connectivity index (χ0) is 12.0. The number of ether oxygens (including phenoxy) is 1. The van der Waals surface area contributed by atoms with Crippen LogP contribution in [0.2, 0.25) is 0 Å². The summed E-state index contributed by atoms with van der Waals surface area (Å²) in [7, 11) is 0. The number of hydrogen-bond donors (Lipinski definition) is 0. The molecule has 0 aliphatic heterocycles. The fraction of sp³-hybridized carbons (Fsp3) is 0.545. The number of aryl methyl sites for hydroxylation is 1. The van der Waals surface area contributed by atoms with Gasteiger partial charge in [0.15, 0.2) is 5.78 Å². The molecule has 0 bridgehead atoms. The van der Waals surface area contributed by atoms with E-state index in [0.717, 1.165) is 12.2 Å². The maximum absolute atomic E-state index is 11.5. The molecule has 0 radical (unpaired) electrons. The lowest BCUT2D eigenvalue weighted by molar-refractivity contribution is -0.145. The van der Waals surface area contributed by atoms with Crippen molar-refractivity contribution in [3.05, 3.63) is 18.2 Å². The van der Waals surface area contributed by atoms with E-state index in [1.54, 1.807) is 23.9 Å². The number of carbonyl (C=O) groups excluding carboxylic acids is 2. The van der Waals surface area contributed by atoms with Crippen LogP contribution in [0, 0.1) is 0 Å². The summed E-state index contributed by atoms with van der Waals surface area (Å²) in [6.45, 7) is 4.17. The maximum atomic E-state index is 11.5. The Bertz CT molecular complexity index is 371. The molecule has 0 fully saturated rings. The number of imidazole rings is 1. The number of nitrogens with zero attached hydrogens (tertiary/aromatic N) is 2. The number of ketones is 1. The topological polar surface area (TPSA) is 61.2 Å². The van der Waals surface area contributed by atoms with Crippen molar-refractivity contribution in [3.63, 3.8) is 0 Å². The Morgan fingerprint density at radius 2 is 2.19 bits per heavy atom. The quantitative estimate of drug-likeness (QED) is 0.533. The summed E-state index contributed by atoms with van der Waals surface area (Å²) >= 11 is 0. The fourth-order valence-electron chi connectivity index (χ4n) is 1.42. The molecule has 16 heavy (non-hydrogen) atoms. The molecule has 0 spiro atoms. The molecule has 5 heteroatoms. The van der Waals surface area contributed by atoms with E-state index in [-0.39, 0.29) is 18.7 Å². The second-order valence-electron chi connectivity index (χ2n) is 3.35. The molecule has 5 nitrogen and oxygen atoms in total. The molecular weight excluding hydrogens is 208 g/mol. The first-order valence-electron chi connectivity index (χ1n) is 5.34. The summed E-state index contributed by atoms with van der Waals surface area (Å²) in [5.41, 5.74) is 0. The highest BCUT2D eigenvalue weighted by Gasteiger charge is 2.12. The van der Waals surface area contributed by atoms with Crippen LogP contribution in [-0.2, 0) is 27.3 Å². The highest BCUT2D eigenvalue weighted by Crippen LogP contribution is 2.00. The van der Waals surface area contributed by atoms with Crippen molar-refractivity contribution < 1.29 is 14.3 Å². The third kappa shape index (κ3) is 3.49. The molecule has 1 aromatic rings. The summed E-state index contributed by atoms with van der Waals surface area (Å²) in [6, 6.07) is 0. The molecule has 0 aliphatic carbocycles. The van der Waals surface area contributed by atoms with Crippen LogP contribution in [0.25, 0.3) is 0 Å². The van der Waals surface area contributed by atoms with Crippen molar-refractivity contribution in [3.8, 4) is 0 Å². The first-order valence-corrected chi connectivity index (χ1v) is 5.34. The molecule has 0 unspecified atom stereocenters. The van der Waals surface area contributed by atoms with E-state index in [4.69, 9.17) is 4.74 Å². The van der Waals surface area contributed by atoms with Crippen molar-refractivity contribution in [1.29, 1.82) is 0 Å². The average Bonchev–Trinajstić information content (AvgIpc) is 2.65. The normalized spacial score (nSPS) is 10.1. The molecule has 0 amide bonds. The van der Waals surface area contributed by atoms with Gasteiger partial charge in [-0.05, 0) is 6.92 Å². The fourth-order valence-corrected chi connectivity index (χ4v) is 1.42. The minimum Gasteiger partial charge on any atom is -0.466 e. The highest BCUT2D eigenvalue weighted by molar-refractivity contribution is 5.95. The van der Waals surface area contributed by atoms with Crippen LogP contribution in [0.15, 0.2) is 12.4 Å². The van der Waals surface area contributed by atoms with Gasteiger partial charge in [-0.15, -0.1) is 0 Å². The van der Waals surface area contributed by atoms with Crippen molar-refractivity contribution >= 4 is 11.8 Å². The summed E-state index contributed by atoms with van der Waals surface area (Å²) in [4.78, 5) is 26.7. The molecule has 0 aliphatic rings. The van der Waals surface area contributed by atoms with Crippen LogP contribution in [0.5, 0.6) is 0 Å². The molecular formula is C11H16N2O3. The molecule has 1 rings (SSSR count). The smallest absolute Gasteiger partial charge is 0.313 e. The molecule has 1 aromatic heterocycles. The highest BCUT2D eigenvalue weighted by atomic mass is 16.5. The number of esters is 1. The lowest BCUT2D eigenvalue weighted by Gasteiger charge is -2.05. The van der Waals surface area contributed by atoms with Crippen molar-refractivity contribution in [2.75, 3.05) is 6.61 Å². The number of carbonyl (C=O) groups is 2. The standard InChI is InChI=1S/C11H16N2O3/c1-3-10-12-5-6-13(10)8-9(14)7-11(15)16-4-2/h5-6H,3-4,7-8H2,1-2H3. The van der Waals surface area contributed by atoms with Gasteiger partial charge in [-0.25, -0.2) is 4.98 Å². The molecule has 0 saturated carbocycles. The molecule has 88 valence electrons. The second-order valence-corrected chi connectivity index (χ2v) is 3.35. The summed E-state index contributed by atoms with van der Waals surface area (Å²) in [6.07, 6.45) is 3.98. The van der Waals surface area contributed by atoms with E-state index in [1.807, 2.05) is 6.92 Å². The predicted octanol–water partition coefficient (Wildman–Crippen LogP) is 0.968. The van der Waals surface area contributed by atoms with Crippen LogP contribution in [0.1, 0.15) is 26.1 Å². The third-order valence-electron chi connectivity index (χ3n) is 2.11. The van der Waals surface area contributed by atoms with Gasteiger partial charge in [0.25, 0.3) is 0 Å². The van der Waals surface area contributed by atoms with Gasteiger partial charge >= 0.3 is 5.97 Å². The van der Waals surface area contributed by atoms with E-state index in [9.17, 15) is 9.59 Å². The first kappa shape index (κ1) is 12.4. The van der Waals surface area contributed by atoms with E-state index in [2.05, 4.69) is 4.98 Å². The zero-order valence-corrected chi connectivity index (χ0v) is 9.60. The minimum atomic E-state index is -0.467. The van der Waals surface area contributed by atoms with Crippen LogP contribution < -0.4 is 0 Å². The Morgan fingerprint density at radius 3 is 2.81 bits per heavy atom. The third-order valence-corrected chi connectivity index (χ3v) is 2.11. The van der Waals surface area contributed by atoms with Gasteiger partial charge in [0, 0.05) is 18.8 Å². The Kier molecular flexibility index (Phi) is 4.69. The average molecular weight is 224 g/mol. The zero-order valence-electron chi connectivity index (χ0n) is 9.60. The van der Waals surface area contributed by atoms with Crippen LogP contribution in [-0.4, -0.2) is 27.9 Å². The summed E-state index contributed by atoms with van der Waals surface area (Å²) in [5.74, 6) is 0.217. The minimum absolute atomic E-state index is 0.161. The largest absolute Gasteiger partial charge is 0.466 e. The number of aromatic nitrogens is 2. The first-order chi connectivity index (χ1) is 7.67. The summed E-state index contributed by atoms with van der Waals surface area (Å²) in [5, 5.41) is 0. The van der Waals surface area contributed by atoms with E-state index in [1.165, 1.54) is 0 Å². The second kappa shape index (κ2) is 6.05. The van der Waals surface area contributed by atoms with E-state index >= 15 is 0 Å². The summed E-state index contributed by atoms with van der Waals surface area (Å²) < 4.78 is 6.46. The number of hydrogen-bond acceptors (Lipinski definition) is 4. The SMILES string of the molecule is CCOC(=O)CC(=O)Cn1ccnc1CC. The van der Waals surface area contributed by atoms with Crippen molar-refractivity contribution in [1.82, 2.24) is 9.55 Å². The van der Waals surface area contributed by atoms with Gasteiger partial charge < -0.3 is 9.30 Å². The monoisotopic (exact) mass is 224 g/mol. The van der Waals surface area contributed by atoms with Gasteiger partial charge in [0.2, 0.25) is 0 Å². The molecule has 0 saturated heterocycles. The molecule has 0 N–H and O–H groups in total. The van der Waals surface area contributed by atoms with Gasteiger partial charge in [-0.3, -0.25) is 9.59 Å². The lowest BCUT2D eigenvalue weighted by Crippen LogP contribution is -2.17. The predicted molar refractivity (Wildman–Crippen MR) is 57.9 cm³/mol. The van der Waals surface area contributed by atoms with Crippen LogP contribution in [0.4, 0.5) is 0 Å². The van der Waals surface area contributed by atoms with Gasteiger partial charge in [0.05, 0.1) is 13.2 Å². The Hall–Kier alpha value is -1.65. The van der Waals surface area contributed by atoms with E-state index in [0.29, 0.717) is 6.61 Å². The van der Waals surface area contributed by atoms with Gasteiger partial charge in [-0.1, -0.05) is 6.92 Å². The van der Waals surface area contributed by atoms with Crippen molar-refractivity contribution in [2.45, 2.75) is 33.2 Å². The van der Waals surface area contributed by atoms with E-state index < -0.39 is 5.97 Å². The Balaban J connectivity index is 2.48. The van der Waals surface area contributed by atoms with Crippen LogP contribution in [0.3, 0.4) is 0 Å². The molecule has 0 atom stereocenters. The van der Waals surface area contributed by atoms with Crippen LogP contribution >= 0.6 is 0 Å².